The van der Waals surface area contributed by atoms with Crippen LogP contribution in [0, 0.1) is 0 Å². The van der Waals surface area contributed by atoms with E-state index in [1.165, 1.54) is 22.3 Å². The SMILES string of the molecule is CC(C)(C)c1cccc(-c2ccc3c(c2-c2cccc(C(C)(C)C)c2O)Cc2ccccc2-3)c1O. The van der Waals surface area contributed by atoms with Crippen LogP contribution in [0.25, 0.3) is 33.4 Å². The third-order valence-corrected chi connectivity index (χ3v) is 7.24. The van der Waals surface area contributed by atoms with Crippen LogP contribution in [-0.2, 0) is 17.3 Å². The van der Waals surface area contributed by atoms with Crippen LogP contribution in [0.5, 0.6) is 11.5 Å². The van der Waals surface area contributed by atoms with Crippen LogP contribution >= 0.6 is 0 Å². The van der Waals surface area contributed by atoms with Crippen LogP contribution in [-0.4, -0.2) is 10.2 Å². The molecule has 0 unspecified atom stereocenters. The van der Waals surface area contributed by atoms with E-state index in [1.807, 2.05) is 36.4 Å². The lowest BCUT2D eigenvalue weighted by atomic mass is 9.80. The molecule has 0 aromatic heterocycles. The molecule has 0 saturated carbocycles. The molecule has 2 heteroatoms. The molecule has 5 rings (SSSR count). The molecule has 0 amide bonds. The Bertz CT molecular complexity index is 1450. The fourth-order valence-corrected chi connectivity index (χ4v) is 5.46. The highest BCUT2D eigenvalue weighted by molar-refractivity contribution is 5.96. The van der Waals surface area contributed by atoms with E-state index < -0.39 is 0 Å². The maximum Gasteiger partial charge on any atom is 0.127 e. The number of hydrogen-bond acceptors (Lipinski definition) is 2. The molecule has 0 fully saturated rings. The summed E-state index contributed by atoms with van der Waals surface area (Å²) in [6.07, 6.45) is 0.799. The maximum absolute atomic E-state index is 11.6. The van der Waals surface area contributed by atoms with Crippen LogP contribution in [0.4, 0.5) is 0 Å². The number of para-hydroxylation sites is 2. The van der Waals surface area contributed by atoms with Gasteiger partial charge in [0.05, 0.1) is 0 Å². The number of phenolic OH excluding ortho intramolecular Hbond substituents is 2. The Morgan fingerprint density at radius 2 is 1.03 bits per heavy atom. The van der Waals surface area contributed by atoms with E-state index in [-0.39, 0.29) is 10.8 Å². The minimum atomic E-state index is -0.199. The highest BCUT2D eigenvalue weighted by Crippen LogP contribution is 2.51. The van der Waals surface area contributed by atoms with E-state index in [0.29, 0.717) is 11.5 Å². The Hall–Kier alpha value is -3.52. The molecule has 4 aromatic carbocycles. The zero-order valence-electron chi connectivity index (χ0n) is 21.5. The first kappa shape index (κ1) is 23.2. The normalized spacial score (nSPS) is 13.0. The third-order valence-electron chi connectivity index (χ3n) is 7.24. The van der Waals surface area contributed by atoms with Crippen LogP contribution in [0.1, 0.15) is 63.8 Å². The van der Waals surface area contributed by atoms with Gasteiger partial charge in [0.25, 0.3) is 0 Å². The summed E-state index contributed by atoms with van der Waals surface area (Å²) in [5, 5.41) is 23.1. The van der Waals surface area contributed by atoms with Crippen LogP contribution in [0.15, 0.2) is 72.8 Å². The molecule has 178 valence electrons. The Labute approximate surface area is 208 Å². The number of benzene rings is 4. The van der Waals surface area contributed by atoms with Gasteiger partial charge >= 0.3 is 0 Å². The van der Waals surface area contributed by atoms with Gasteiger partial charge in [0.2, 0.25) is 0 Å². The maximum atomic E-state index is 11.6. The Morgan fingerprint density at radius 3 is 1.66 bits per heavy atom. The lowest BCUT2D eigenvalue weighted by Gasteiger charge is -2.25. The summed E-state index contributed by atoms with van der Waals surface area (Å²) in [6.45, 7) is 12.7. The predicted octanol–water partition coefficient (Wildman–Crippen LogP) is 8.60. The lowest BCUT2D eigenvalue weighted by molar-refractivity contribution is 0.447. The predicted molar refractivity (Wildman–Crippen MR) is 146 cm³/mol. The Morgan fingerprint density at radius 1 is 0.514 bits per heavy atom. The number of rotatable bonds is 2. The molecule has 0 spiro atoms. The molecule has 0 saturated heterocycles. The van der Waals surface area contributed by atoms with Gasteiger partial charge in [-0.2, -0.15) is 0 Å². The van der Waals surface area contributed by atoms with Crippen molar-refractivity contribution in [3.05, 3.63) is 95.1 Å². The molecule has 0 radical (unpaired) electrons. The van der Waals surface area contributed by atoms with Crippen molar-refractivity contribution in [2.24, 2.45) is 0 Å². The van der Waals surface area contributed by atoms with Gasteiger partial charge in [-0.05, 0) is 61.8 Å². The summed E-state index contributed by atoms with van der Waals surface area (Å²) in [6, 6.07) is 24.9. The van der Waals surface area contributed by atoms with Crippen molar-refractivity contribution in [3.8, 4) is 44.9 Å². The molecule has 0 atom stereocenters. The monoisotopic (exact) mass is 462 g/mol. The first-order valence-electron chi connectivity index (χ1n) is 12.4. The molecule has 2 nitrogen and oxygen atoms in total. The summed E-state index contributed by atoms with van der Waals surface area (Å²) in [5.41, 5.74) is 9.94. The number of aromatic hydroxyl groups is 2. The molecular weight excluding hydrogens is 428 g/mol. The summed E-state index contributed by atoms with van der Waals surface area (Å²) >= 11 is 0. The van der Waals surface area contributed by atoms with Gasteiger partial charge in [0, 0.05) is 11.1 Å². The molecule has 35 heavy (non-hydrogen) atoms. The summed E-state index contributed by atoms with van der Waals surface area (Å²) in [7, 11) is 0. The van der Waals surface area contributed by atoms with Crippen molar-refractivity contribution in [1.29, 1.82) is 0 Å². The highest BCUT2D eigenvalue weighted by Gasteiger charge is 2.29. The lowest BCUT2D eigenvalue weighted by Crippen LogP contribution is -2.12. The van der Waals surface area contributed by atoms with Gasteiger partial charge in [0.1, 0.15) is 11.5 Å². The second kappa shape index (κ2) is 8.02. The van der Waals surface area contributed by atoms with Gasteiger partial charge in [-0.1, -0.05) is 114 Å². The first-order chi connectivity index (χ1) is 16.5. The van der Waals surface area contributed by atoms with E-state index in [1.54, 1.807) is 0 Å². The molecule has 0 aliphatic heterocycles. The van der Waals surface area contributed by atoms with E-state index in [4.69, 9.17) is 0 Å². The number of hydrogen-bond donors (Lipinski definition) is 2. The minimum Gasteiger partial charge on any atom is -0.507 e. The van der Waals surface area contributed by atoms with Crippen LogP contribution in [0.3, 0.4) is 0 Å². The van der Waals surface area contributed by atoms with E-state index >= 15 is 0 Å². The van der Waals surface area contributed by atoms with Crippen molar-refractivity contribution in [1.82, 2.24) is 0 Å². The van der Waals surface area contributed by atoms with Crippen molar-refractivity contribution < 1.29 is 10.2 Å². The molecule has 1 aliphatic rings. The smallest absolute Gasteiger partial charge is 0.127 e. The topological polar surface area (TPSA) is 40.5 Å². The Kier molecular flexibility index (Phi) is 5.32. The summed E-state index contributed by atoms with van der Waals surface area (Å²) in [5.74, 6) is 0.625. The molecule has 1 aliphatic carbocycles. The largest absolute Gasteiger partial charge is 0.507 e. The van der Waals surface area contributed by atoms with E-state index in [9.17, 15) is 10.2 Å². The zero-order valence-corrected chi connectivity index (χ0v) is 21.5. The minimum absolute atomic E-state index is 0.193. The summed E-state index contributed by atoms with van der Waals surface area (Å²) in [4.78, 5) is 0. The van der Waals surface area contributed by atoms with Gasteiger partial charge < -0.3 is 10.2 Å². The van der Waals surface area contributed by atoms with E-state index in [2.05, 4.69) is 77.9 Å². The summed E-state index contributed by atoms with van der Waals surface area (Å²) < 4.78 is 0. The molecular formula is C33H34O2. The van der Waals surface area contributed by atoms with Crippen molar-refractivity contribution >= 4 is 0 Å². The fraction of sp³-hybridized carbons (Fsp3) is 0.273. The molecule has 2 N–H and O–H groups in total. The first-order valence-corrected chi connectivity index (χ1v) is 12.4. The Balaban J connectivity index is 1.86. The molecule has 0 bridgehead atoms. The van der Waals surface area contributed by atoms with Crippen LogP contribution < -0.4 is 0 Å². The number of fused-ring (bicyclic) bond motifs is 3. The zero-order chi connectivity index (χ0) is 25.1. The average Bonchev–Trinajstić information content (AvgIpc) is 3.16. The highest BCUT2D eigenvalue weighted by atomic mass is 16.3. The van der Waals surface area contributed by atoms with Crippen LogP contribution in [0.2, 0.25) is 0 Å². The molecule has 0 heterocycles. The van der Waals surface area contributed by atoms with Crippen molar-refractivity contribution in [2.45, 2.75) is 58.8 Å². The van der Waals surface area contributed by atoms with Crippen molar-refractivity contribution in [2.75, 3.05) is 0 Å². The second-order valence-corrected chi connectivity index (χ2v) is 11.8. The second-order valence-electron chi connectivity index (χ2n) is 11.8. The van der Waals surface area contributed by atoms with Crippen molar-refractivity contribution in [3.63, 3.8) is 0 Å². The quantitative estimate of drug-likeness (QED) is 0.276. The van der Waals surface area contributed by atoms with Gasteiger partial charge in [-0.25, -0.2) is 0 Å². The van der Waals surface area contributed by atoms with E-state index in [0.717, 1.165) is 39.8 Å². The fourth-order valence-electron chi connectivity index (χ4n) is 5.46. The van der Waals surface area contributed by atoms with Gasteiger partial charge in [-0.15, -0.1) is 0 Å². The average molecular weight is 463 g/mol. The standard InChI is InChI=1S/C33H34O2/c1-32(2,3)27-15-9-13-24(30(27)34)23-18-17-22-21-12-8-7-11-20(21)19-26(22)29(23)25-14-10-16-28(31(25)35)33(4,5)6/h7-18,34-35H,19H2,1-6H3. The van der Waals surface area contributed by atoms with Gasteiger partial charge in [-0.3, -0.25) is 0 Å². The number of phenols is 2. The third kappa shape index (κ3) is 3.82. The molecule has 4 aromatic rings. The van der Waals surface area contributed by atoms with Gasteiger partial charge in [0.15, 0.2) is 0 Å².